The highest BCUT2D eigenvalue weighted by Gasteiger charge is 2.52. The van der Waals surface area contributed by atoms with E-state index in [-0.39, 0.29) is 5.78 Å². The number of hydrogen-bond acceptors (Lipinski definition) is 3. The molecule has 0 amide bonds. The Balaban J connectivity index is 2.16. The molecule has 2 unspecified atom stereocenters. The van der Waals surface area contributed by atoms with E-state index >= 15 is 0 Å². The predicted molar refractivity (Wildman–Crippen MR) is 69.9 cm³/mol. The van der Waals surface area contributed by atoms with E-state index in [4.69, 9.17) is 0 Å². The van der Waals surface area contributed by atoms with E-state index < -0.39 is 20.8 Å². The molecule has 4 nitrogen and oxygen atoms in total. The van der Waals surface area contributed by atoms with Crippen LogP contribution in [0.5, 0.6) is 0 Å². The summed E-state index contributed by atoms with van der Waals surface area (Å²) in [4.78, 5) is 12.1. The van der Waals surface area contributed by atoms with Gasteiger partial charge in [0.15, 0.2) is 5.78 Å². The minimum Gasteiger partial charge on any atom is -0.292 e. The fourth-order valence-electron chi connectivity index (χ4n) is 1.75. The predicted octanol–water partition coefficient (Wildman–Crippen LogP) is 1.68. The van der Waals surface area contributed by atoms with Crippen LogP contribution in [-0.2, 0) is 10.0 Å². The molecule has 5 heteroatoms. The van der Waals surface area contributed by atoms with Crippen molar-refractivity contribution in [3.63, 3.8) is 0 Å². The average Bonchev–Trinajstić information content (AvgIpc) is 3.08. The zero-order chi connectivity index (χ0) is 13.6. The van der Waals surface area contributed by atoms with E-state index in [1.807, 2.05) is 6.07 Å². The van der Waals surface area contributed by atoms with Gasteiger partial charge in [0.25, 0.3) is 0 Å². The Labute approximate surface area is 108 Å². The van der Waals surface area contributed by atoms with Gasteiger partial charge < -0.3 is 0 Å². The maximum atomic E-state index is 12.1. The molecule has 1 saturated heterocycles. The van der Waals surface area contributed by atoms with Crippen LogP contribution in [0.3, 0.4) is 0 Å². The number of nitrogens with zero attached hydrogens (tertiary/aromatic N) is 1. The third kappa shape index (κ3) is 2.20. The zero-order valence-corrected chi connectivity index (χ0v) is 11.6. The van der Waals surface area contributed by atoms with Gasteiger partial charge in [-0.05, 0) is 20.8 Å². The summed E-state index contributed by atoms with van der Waals surface area (Å²) in [5.74, 6) is -0.122. The van der Waals surface area contributed by atoms with Crippen molar-refractivity contribution in [3.8, 4) is 0 Å². The Bertz CT molecular complexity index is 558. The highest BCUT2D eigenvalue weighted by atomic mass is 32.2. The van der Waals surface area contributed by atoms with E-state index in [9.17, 15) is 13.2 Å². The molecule has 18 heavy (non-hydrogen) atoms. The summed E-state index contributed by atoms with van der Waals surface area (Å²) < 4.78 is 24.7. The highest BCUT2D eigenvalue weighted by molar-refractivity contribution is 7.90. The average molecular weight is 267 g/mol. The molecule has 0 bridgehead atoms. The quantitative estimate of drug-likeness (QED) is 0.618. The van der Waals surface area contributed by atoms with Crippen molar-refractivity contribution in [1.29, 1.82) is 0 Å². The van der Waals surface area contributed by atoms with Crippen molar-refractivity contribution in [2.45, 2.75) is 31.6 Å². The minimum absolute atomic E-state index is 0.122. The SMILES string of the molecule is CC(C)(C)S(=O)(=O)N1CC1C(=O)c1ccccc1. The van der Waals surface area contributed by atoms with Gasteiger partial charge in [-0.3, -0.25) is 4.79 Å². The van der Waals surface area contributed by atoms with E-state index in [0.29, 0.717) is 12.1 Å². The molecule has 1 heterocycles. The molecular formula is C13H17NO3S. The Morgan fingerprint density at radius 2 is 1.78 bits per heavy atom. The van der Waals surface area contributed by atoms with Crippen molar-refractivity contribution >= 4 is 15.8 Å². The summed E-state index contributed by atoms with van der Waals surface area (Å²) in [6.45, 7) is 5.23. The smallest absolute Gasteiger partial charge is 0.219 e. The molecule has 0 radical (unpaired) electrons. The molecule has 0 aromatic heterocycles. The van der Waals surface area contributed by atoms with Gasteiger partial charge in [0.2, 0.25) is 10.0 Å². The fraction of sp³-hybridized carbons (Fsp3) is 0.462. The van der Waals surface area contributed by atoms with Gasteiger partial charge in [0, 0.05) is 12.1 Å². The molecule has 0 N–H and O–H groups in total. The van der Waals surface area contributed by atoms with Crippen LogP contribution in [0.25, 0.3) is 0 Å². The van der Waals surface area contributed by atoms with Gasteiger partial charge in [0.05, 0.1) is 4.75 Å². The highest BCUT2D eigenvalue weighted by Crippen LogP contribution is 2.32. The van der Waals surface area contributed by atoms with Gasteiger partial charge in [-0.1, -0.05) is 30.3 Å². The normalized spacial score (nSPS) is 23.7. The van der Waals surface area contributed by atoms with E-state index in [0.717, 1.165) is 0 Å². The first-order valence-corrected chi connectivity index (χ1v) is 7.30. The van der Waals surface area contributed by atoms with Crippen LogP contribution in [0.1, 0.15) is 31.1 Å². The van der Waals surface area contributed by atoms with Crippen LogP contribution >= 0.6 is 0 Å². The number of rotatable bonds is 3. The standard InChI is InChI=1S/C13H17NO3S/c1-13(2,3)18(16,17)14-9-11(14)12(15)10-7-5-4-6-8-10/h4-8,11H,9H2,1-3H3. The monoisotopic (exact) mass is 267 g/mol. The Hall–Kier alpha value is -1.20. The molecule has 1 aliphatic rings. The Morgan fingerprint density at radius 1 is 1.22 bits per heavy atom. The van der Waals surface area contributed by atoms with Crippen LogP contribution in [0.4, 0.5) is 0 Å². The van der Waals surface area contributed by atoms with Crippen molar-refractivity contribution in [3.05, 3.63) is 35.9 Å². The van der Waals surface area contributed by atoms with Crippen LogP contribution in [0, 0.1) is 0 Å². The second-order valence-electron chi connectivity index (χ2n) is 5.43. The van der Waals surface area contributed by atoms with Gasteiger partial charge in [-0.15, -0.1) is 0 Å². The van der Waals surface area contributed by atoms with E-state index in [1.54, 1.807) is 45.0 Å². The third-order valence-corrected chi connectivity index (χ3v) is 5.58. The maximum Gasteiger partial charge on any atom is 0.219 e. The number of ketones is 1. The fourth-order valence-corrected chi connectivity index (χ4v) is 3.22. The van der Waals surface area contributed by atoms with Gasteiger partial charge in [-0.25, -0.2) is 8.42 Å². The van der Waals surface area contributed by atoms with Gasteiger partial charge in [-0.2, -0.15) is 4.31 Å². The summed E-state index contributed by atoms with van der Waals surface area (Å²) in [6.07, 6.45) is 0. The molecular weight excluding hydrogens is 250 g/mol. The largest absolute Gasteiger partial charge is 0.292 e. The number of hydrogen-bond donors (Lipinski definition) is 0. The molecule has 1 aliphatic heterocycles. The van der Waals surface area contributed by atoms with Crippen molar-refractivity contribution in [2.75, 3.05) is 6.54 Å². The molecule has 1 aromatic carbocycles. The molecule has 1 aromatic rings. The Kier molecular flexibility index (Phi) is 3.07. The third-order valence-electron chi connectivity index (χ3n) is 3.01. The summed E-state index contributed by atoms with van der Waals surface area (Å²) in [7, 11) is -3.39. The number of Topliss-reactive ketones (excluding diaryl/α,β-unsaturated/α-hetero) is 1. The molecule has 1 fully saturated rings. The summed E-state index contributed by atoms with van der Waals surface area (Å²) >= 11 is 0. The number of carbonyl (C=O) groups is 1. The van der Waals surface area contributed by atoms with Crippen LogP contribution in [0.15, 0.2) is 30.3 Å². The molecule has 98 valence electrons. The molecule has 2 atom stereocenters. The minimum atomic E-state index is -3.39. The molecule has 0 aliphatic carbocycles. The lowest BCUT2D eigenvalue weighted by atomic mass is 10.1. The summed E-state index contributed by atoms with van der Waals surface area (Å²) in [5, 5.41) is 0. The van der Waals surface area contributed by atoms with Crippen molar-refractivity contribution in [1.82, 2.24) is 4.31 Å². The van der Waals surface area contributed by atoms with Crippen LogP contribution in [0.2, 0.25) is 0 Å². The molecule has 2 rings (SSSR count). The Morgan fingerprint density at radius 3 is 2.28 bits per heavy atom. The zero-order valence-electron chi connectivity index (χ0n) is 10.8. The summed E-state index contributed by atoms with van der Waals surface area (Å²) in [6, 6.07) is 8.28. The number of carbonyl (C=O) groups excluding carboxylic acids is 1. The first kappa shape index (κ1) is 13.2. The van der Waals surface area contributed by atoms with Gasteiger partial charge >= 0.3 is 0 Å². The lowest BCUT2D eigenvalue weighted by Gasteiger charge is -2.19. The first-order chi connectivity index (χ1) is 8.25. The molecule has 0 saturated carbocycles. The van der Waals surface area contributed by atoms with E-state index in [2.05, 4.69) is 0 Å². The summed E-state index contributed by atoms with van der Waals surface area (Å²) in [5.41, 5.74) is 0.564. The number of sulfonamides is 1. The number of benzene rings is 1. The topological polar surface area (TPSA) is 54.2 Å². The second-order valence-corrected chi connectivity index (χ2v) is 8.08. The first-order valence-electron chi connectivity index (χ1n) is 5.86. The van der Waals surface area contributed by atoms with Gasteiger partial charge in [0.1, 0.15) is 6.04 Å². The second kappa shape index (κ2) is 4.17. The van der Waals surface area contributed by atoms with E-state index in [1.165, 1.54) is 4.31 Å². The van der Waals surface area contributed by atoms with Crippen LogP contribution in [-0.4, -0.2) is 35.8 Å². The maximum absolute atomic E-state index is 12.1. The lowest BCUT2D eigenvalue weighted by Crippen LogP contribution is -2.35. The van der Waals surface area contributed by atoms with Crippen LogP contribution < -0.4 is 0 Å². The molecule has 0 spiro atoms. The lowest BCUT2D eigenvalue weighted by molar-refractivity contribution is 0.0982. The van der Waals surface area contributed by atoms with Crippen molar-refractivity contribution < 1.29 is 13.2 Å². The van der Waals surface area contributed by atoms with Crippen molar-refractivity contribution in [2.24, 2.45) is 0 Å².